The van der Waals surface area contributed by atoms with Gasteiger partial charge in [-0.2, -0.15) is 0 Å². The van der Waals surface area contributed by atoms with E-state index < -0.39 is 0 Å². The highest BCUT2D eigenvalue weighted by molar-refractivity contribution is 4.88. The highest BCUT2D eigenvalue weighted by Crippen LogP contribution is 2.39. The van der Waals surface area contributed by atoms with Crippen LogP contribution in [-0.2, 0) is 0 Å². The number of rotatable bonds is 1. The summed E-state index contributed by atoms with van der Waals surface area (Å²) in [5, 5.41) is 12.5. The van der Waals surface area contributed by atoms with Gasteiger partial charge in [0.05, 0.1) is 0 Å². The third-order valence-corrected chi connectivity index (χ3v) is 3.43. The first kappa shape index (κ1) is 7.56. The van der Waals surface area contributed by atoms with Crippen LogP contribution in [0, 0.1) is 17.8 Å². The van der Waals surface area contributed by atoms with Crippen LogP contribution in [0.1, 0.15) is 19.3 Å². The number of hydrogen-bond donors (Lipinski definition) is 2. The van der Waals surface area contributed by atoms with Crippen molar-refractivity contribution in [1.82, 2.24) is 5.32 Å². The average molecular weight is 155 g/mol. The molecular weight excluding hydrogens is 138 g/mol. The Bertz CT molecular complexity index is 132. The van der Waals surface area contributed by atoms with E-state index in [0.29, 0.717) is 12.5 Å². The number of piperidine rings is 1. The molecule has 2 N–H and O–H groups in total. The molecule has 3 atom stereocenters. The molecule has 1 heterocycles. The highest BCUT2D eigenvalue weighted by atomic mass is 16.3. The maximum absolute atomic E-state index is 9.08. The Labute approximate surface area is 68.0 Å². The smallest absolute Gasteiger partial charge is 0.0462 e. The van der Waals surface area contributed by atoms with Crippen molar-refractivity contribution in [2.24, 2.45) is 17.8 Å². The second-order valence-corrected chi connectivity index (χ2v) is 3.94. The van der Waals surface area contributed by atoms with E-state index in [0.717, 1.165) is 18.4 Å². The van der Waals surface area contributed by atoms with Gasteiger partial charge in [-0.15, -0.1) is 0 Å². The summed E-state index contributed by atoms with van der Waals surface area (Å²) in [6.45, 7) is 2.75. The van der Waals surface area contributed by atoms with Gasteiger partial charge in [-0.1, -0.05) is 0 Å². The van der Waals surface area contributed by atoms with Gasteiger partial charge in [0.1, 0.15) is 0 Å². The summed E-state index contributed by atoms with van der Waals surface area (Å²) in [6.07, 6.45) is 3.95. The number of aliphatic hydroxyl groups excluding tert-OH is 1. The van der Waals surface area contributed by atoms with E-state index in [4.69, 9.17) is 5.11 Å². The highest BCUT2D eigenvalue weighted by Gasteiger charge is 2.36. The zero-order valence-electron chi connectivity index (χ0n) is 6.92. The van der Waals surface area contributed by atoms with Gasteiger partial charge in [0, 0.05) is 6.61 Å². The molecule has 64 valence electrons. The molecule has 0 spiro atoms. The second kappa shape index (κ2) is 3.11. The van der Waals surface area contributed by atoms with E-state index in [2.05, 4.69) is 5.32 Å². The number of hydrogen-bond acceptors (Lipinski definition) is 2. The normalized spacial score (nSPS) is 43.9. The van der Waals surface area contributed by atoms with Gasteiger partial charge in [-0.25, -0.2) is 0 Å². The summed E-state index contributed by atoms with van der Waals surface area (Å²) in [5.41, 5.74) is 0. The molecule has 0 aromatic heterocycles. The molecule has 0 aromatic rings. The van der Waals surface area contributed by atoms with Gasteiger partial charge >= 0.3 is 0 Å². The minimum Gasteiger partial charge on any atom is -0.396 e. The quantitative estimate of drug-likeness (QED) is 0.581. The Hall–Kier alpha value is -0.0800. The first-order chi connectivity index (χ1) is 5.42. The molecule has 0 unspecified atom stereocenters. The van der Waals surface area contributed by atoms with E-state index in [9.17, 15) is 0 Å². The molecule has 2 fully saturated rings. The largest absolute Gasteiger partial charge is 0.396 e. The van der Waals surface area contributed by atoms with Crippen LogP contribution in [0.25, 0.3) is 0 Å². The van der Waals surface area contributed by atoms with Crippen molar-refractivity contribution in [2.75, 3.05) is 19.7 Å². The van der Waals surface area contributed by atoms with Crippen LogP contribution >= 0.6 is 0 Å². The lowest BCUT2D eigenvalue weighted by atomic mass is 9.85. The van der Waals surface area contributed by atoms with E-state index in [1.165, 1.54) is 25.8 Å². The van der Waals surface area contributed by atoms with Gasteiger partial charge in [-0.05, 0) is 50.1 Å². The molecule has 0 bridgehead atoms. The molecule has 0 amide bonds. The van der Waals surface area contributed by atoms with Gasteiger partial charge in [0.15, 0.2) is 0 Å². The van der Waals surface area contributed by atoms with Crippen molar-refractivity contribution < 1.29 is 5.11 Å². The molecule has 2 heteroatoms. The molecule has 0 radical (unpaired) electrons. The summed E-state index contributed by atoms with van der Waals surface area (Å²) in [7, 11) is 0. The van der Waals surface area contributed by atoms with E-state index in [1.54, 1.807) is 0 Å². The molecular formula is C9H17NO. The van der Waals surface area contributed by atoms with E-state index in [1.807, 2.05) is 0 Å². The van der Waals surface area contributed by atoms with Gasteiger partial charge in [0.2, 0.25) is 0 Å². The summed E-state index contributed by atoms with van der Waals surface area (Å²) in [4.78, 5) is 0. The van der Waals surface area contributed by atoms with Crippen LogP contribution in [0.5, 0.6) is 0 Å². The topological polar surface area (TPSA) is 32.3 Å². The van der Waals surface area contributed by atoms with Crippen LogP contribution in [0.4, 0.5) is 0 Å². The summed E-state index contributed by atoms with van der Waals surface area (Å²) >= 11 is 0. The van der Waals surface area contributed by atoms with Gasteiger partial charge < -0.3 is 10.4 Å². The van der Waals surface area contributed by atoms with E-state index in [-0.39, 0.29) is 0 Å². The van der Waals surface area contributed by atoms with Crippen LogP contribution < -0.4 is 5.32 Å². The lowest BCUT2D eigenvalue weighted by molar-refractivity contribution is 0.161. The fourth-order valence-corrected chi connectivity index (χ4v) is 2.72. The Morgan fingerprint density at radius 1 is 1.27 bits per heavy atom. The molecule has 1 saturated carbocycles. The molecule has 1 saturated heterocycles. The minimum atomic E-state index is 0.406. The van der Waals surface area contributed by atoms with Crippen molar-refractivity contribution in [3.05, 3.63) is 0 Å². The lowest BCUT2D eigenvalue weighted by Crippen LogP contribution is -2.37. The van der Waals surface area contributed by atoms with Crippen molar-refractivity contribution in [2.45, 2.75) is 19.3 Å². The summed E-state index contributed by atoms with van der Waals surface area (Å²) < 4.78 is 0. The Balaban J connectivity index is 1.98. The molecule has 2 nitrogen and oxygen atoms in total. The van der Waals surface area contributed by atoms with Crippen LogP contribution in [-0.4, -0.2) is 24.8 Å². The van der Waals surface area contributed by atoms with Crippen molar-refractivity contribution in [3.8, 4) is 0 Å². The van der Waals surface area contributed by atoms with Crippen molar-refractivity contribution >= 4 is 0 Å². The first-order valence-electron chi connectivity index (χ1n) is 4.73. The zero-order chi connectivity index (χ0) is 7.68. The van der Waals surface area contributed by atoms with Crippen LogP contribution in [0.2, 0.25) is 0 Å². The third-order valence-electron chi connectivity index (χ3n) is 3.43. The van der Waals surface area contributed by atoms with Crippen molar-refractivity contribution in [3.63, 3.8) is 0 Å². The van der Waals surface area contributed by atoms with Crippen LogP contribution in [0.3, 0.4) is 0 Å². The molecule has 1 aliphatic heterocycles. The molecule has 11 heavy (non-hydrogen) atoms. The predicted octanol–water partition coefficient (Wildman–Crippen LogP) is 0.614. The van der Waals surface area contributed by atoms with Crippen molar-refractivity contribution in [1.29, 1.82) is 0 Å². The number of nitrogens with one attached hydrogen (secondary N) is 1. The second-order valence-electron chi connectivity index (χ2n) is 3.94. The Kier molecular flexibility index (Phi) is 2.14. The fourth-order valence-electron chi connectivity index (χ4n) is 2.72. The third kappa shape index (κ3) is 1.30. The first-order valence-corrected chi connectivity index (χ1v) is 4.73. The van der Waals surface area contributed by atoms with E-state index >= 15 is 0 Å². The zero-order valence-corrected chi connectivity index (χ0v) is 6.92. The Morgan fingerprint density at radius 3 is 3.00 bits per heavy atom. The monoisotopic (exact) mass is 155 g/mol. The predicted molar refractivity (Wildman–Crippen MR) is 44.3 cm³/mol. The van der Waals surface area contributed by atoms with Gasteiger partial charge in [-0.3, -0.25) is 0 Å². The molecule has 2 rings (SSSR count). The Morgan fingerprint density at radius 2 is 2.18 bits per heavy atom. The summed E-state index contributed by atoms with van der Waals surface area (Å²) in [5.74, 6) is 2.31. The molecule has 2 aliphatic rings. The minimum absolute atomic E-state index is 0.406. The lowest BCUT2D eigenvalue weighted by Gasteiger charge is -2.29. The number of fused-ring (bicyclic) bond motifs is 1. The summed E-state index contributed by atoms with van der Waals surface area (Å²) in [6, 6.07) is 0. The fraction of sp³-hybridized carbons (Fsp3) is 1.00. The SMILES string of the molecule is OC[C@@H]1CC[C@H]2CCNC[C@H]21. The average Bonchev–Trinajstić information content (AvgIpc) is 2.47. The molecule has 0 aromatic carbocycles. The molecule has 1 aliphatic carbocycles. The van der Waals surface area contributed by atoms with Crippen LogP contribution in [0.15, 0.2) is 0 Å². The standard InChI is InChI=1S/C9H17NO/c11-6-8-2-1-7-3-4-10-5-9(7)8/h7-11H,1-6H2/t7-,8-,9+/m0/s1. The number of aliphatic hydroxyl groups is 1. The van der Waals surface area contributed by atoms with Gasteiger partial charge in [0.25, 0.3) is 0 Å². The maximum atomic E-state index is 9.08. The maximum Gasteiger partial charge on any atom is 0.0462 e.